The molecule has 2 N–H and O–H groups in total. The summed E-state index contributed by atoms with van der Waals surface area (Å²) in [5.41, 5.74) is 8.42. The van der Waals surface area contributed by atoms with Crippen molar-refractivity contribution in [1.29, 1.82) is 0 Å². The standard InChI is InChI=1S/C17H13N5O7S/c18-21-20-13(24)9-6-30-16-10(15(26)22(16)11(9)17(27)28)19-14(25)12(29-7-23)8-4-2-1-3-5-8/h1-7,10-12,16H,(H,19,25)(H,27,28)/t10?,11?,12?,16-/m1/s1. The second-order valence-corrected chi connectivity index (χ2v) is 7.08. The van der Waals surface area contributed by atoms with E-state index >= 15 is 0 Å². The van der Waals surface area contributed by atoms with Crippen molar-refractivity contribution >= 4 is 41.9 Å². The van der Waals surface area contributed by atoms with Crippen LogP contribution in [-0.2, 0) is 28.7 Å². The van der Waals surface area contributed by atoms with Crippen molar-refractivity contribution in [3.05, 3.63) is 57.3 Å². The third-order valence-corrected chi connectivity index (χ3v) is 5.60. The van der Waals surface area contributed by atoms with E-state index in [2.05, 4.69) is 15.3 Å². The van der Waals surface area contributed by atoms with Crippen LogP contribution < -0.4 is 5.32 Å². The van der Waals surface area contributed by atoms with E-state index in [1.165, 1.54) is 5.41 Å². The highest BCUT2D eigenvalue weighted by atomic mass is 32.2. The van der Waals surface area contributed by atoms with E-state index < -0.39 is 47.3 Å². The minimum atomic E-state index is -1.65. The lowest BCUT2D eigenvalue weighted by Crippen LogP contribution is -2.74. The van der Waals surface area contributed by atoms with Gasteiger partial charge in [-0.1, -0.05) is 30.3 Å². The molecule has 12 nitrogen and oxygen atoms in total. The topological polar surface area (TPSA) is 179 Å². The van der Waals surface area contributed by atoms with Crippen molar-refractivity contribution in [1.82, 2.24) is 10.2 Å². The van der Waals surface area contributed by atoms with Crippen molar-refractivity contribution in [2.24, 2.45) is 5.11 Å². The maximum absolute atomic E-state index is 12.6. The zero-order valence-electron chi connectivity index (χ0n) is 14.9. The molecule has 1 aromatic carbocycles. The van der Waals surface area contributed by atoms with Crippen molar-refractivity contribution in [3.8, 4) is 0 Å². The SMILES string of the molecule is [N-]=[N+]=NC(=O)C1=CS[C@@H]2C(NC(=O)C(OC=O)c3ccccc3)C(=O)N2C1C(=O)O. The molecule has 154 valence electrons. The Morgan fingerprint density at radius 2 is 2.03 bits per heavy atom. The molecule has 30 heavy (non-hydrogen) atoms. The monoisotopic (exact) mass is 431 g/mol. The molecular formula is C17H13N5O7S. The van der Waals surface area contributed by atoms with Gasteiger partial charge in [0, 0.05) is 16.0 Å². The van der Waals surface area contributed by atoms with Gasteiger partial charge in [0.2, 0.25) is 17.9 Å². The minimum Gasteiger partial charge on any atom is -0.479 e. The number of carbonyl (C=O) groups is 5. The number of β-lactam (4-membered cyclic amide) rings is 1. The van der Waals surface area contributed by atoms with Gasteiger partial charge in [0.05, 0.1) is 0 Å². The average Bonchev–Trinajstić information content (AvgIpc) is 2.75. The number of ether oxygens (including phenoxy) is 1. The lowest BCUT2D eigenvalue weighted by molar-refractivity contribution is -0.161. The van der Waals surface area contributed by atoms with E-state index in [1.807, 2.05) is 0 Å². The van der Waals surface area contributed by atoms with Crippen molar-refractivity contribution in [2.45, 2.75) is 23.6 Å². The molecule has 3 amide bonds. The van der Waals surface area contributed by atoms with Crippen molar-refractivity contribution in [3.63, 3.8) is 0 Å². The Balaban J connectivity index is 1.80. The van der Waals surface area contributed by atoms with E-state index in [1.54, 1.807) is 30.3 Å². The van der Waals surface area contributed by atoms with Crippen LogP contribution in [-0.4, -0.2) is 57.6 Å². The van der Waals surface area contributed by atoms with Crippen LogP contribution in [0.1, 0.15) is 11.7 Å². The summed E-state index contributed by atoms with van der Waals surface area (Å²) < 4.78 is 4.84. The second kappa shape index (κ2) is 8.68. The van der Waals surface area contributed by atoms with Gasteiger partial charge in [0.25, 0.3) is 12.4 Å². The van der Waals surface area contributed by atoms with Gasteiger partial charge in [-0.05, 0) is 16.1 Å². The van der Waals surface area contributed by atoms with Crippen LogP contribution in [0.3, 0.4) is 0 Å². The molecule has 1 saturated heterocycles. The Kier molecular flexibility index (Phi) is 6.04. The fraction of sp³-hybridized carbons (Fsp3) is 0.235. The lowest BCUT2D eigenvalue weighted by atomic mass is 9.97. The Labute approximate surface area is 172 Å². The van der Waals surface area contributed by atoms with Crippen LogP contribution in [0, 0.1) is 0 Å². The maximum atomic E-state index is 12.6. The Morgan fingerprint density at radius 1 is 1.33 bits per heavy atom. The van der Waals surface area contributed by atoms with E-state index in [0.717, 1.165) is 16.7 Å². The number of aliphatic carboxylic acids is 1. The van der Waals surface area contributed by atoms with Gasteiger partial charge in [0.1, 0.15) is 11.4 Å². The first-order valence-corrected chi connectivity index (χ1v) is 9.29. The van der Waals surface area contributed by atoms with E-state index in [-0.39, 0.29) is 12.0 Å². The number of carboxylic acids is 1. The summed E-state index contributed by atoms with van der Waals surface area (Å²) in [7, 11) is 0. The van der Waals surface area contributed by atoms with Crippen LogP contribution in [0.4, 0.5) is 0 Å². The molecule has 0 radical (unpaired) electrons. The predicted octanol–water partition coefficient (Wildman–Crippen LogP) is 0.475. The number of benzene rings is 1. The van der Waals surface area contributed by atoms with Crippen molar-refractivity contribution in [2.75, 3.05) is 0 Å². The molecule has 2 aliphatic heterocycles. The molecule has 3 rings (SSSR count). The summed E-state index contributed by atoms with van der Waals surface area (Å²) in [4.78, 5) is 62.7. The molecule has 3 unspecified atom stereocenters. The number of azide groups is 1. The quantitative estimate of drug-likeness (QED) is 0.206. The smallest absolute Gasteiger partial charge is 0.331 e. The van der Waals surface area contributed by atoms with Gasteiger partial charge in [-0.2, -0.15) is 0 Å². The number of nitrogens with zero attached hydrogens (tertiary/aromatic N) is 4. The number of hydrogen-bond donors (Lipinski definition) is 2. The molecule has 1 aromatic rings. The summed E-state index contributed by atoms with van der Waals surface area (Å²) in [6.45, 7) is 0.109. The van der Waals surface area contributed by atoms with Gasteiger partial charge in [-0.3, -0.25) is 19.2 Å². The molecule has 0 bridgehead atoms. The molecule has 4 atom stereocenters. The third kappa shape index (κ3) is 3.71. The summed E-state index contributed by atoms with van der Waals surface area (Å²) in [5.74, 6) is -4.11. The Morgan fingerprint density at radius 3 is 2.63 bits per heavy atom. The first-order valence-electron chi connectivity index (χ1n) is 8.35. The fourth-order valence-electron chi connectivity index (χ4n) is 3.12. The Bertz CT molecular complexity index is 991. The predicted molar refractivity (Wildman–Crippen MR) is 100 cm³/mol. The molecular weight excluding hydrogens is 418 g/mol. The molecule has 2 aliphatic rings. The normalized spacial score (nSPS) is 22.9. The molecule has 1 fully saturated rings. The first kappa shape index (κ1) is 20.9. The number of fused-ring (bicyclic) bond motifs is 1. The number of nitrogens with one attached hydrogen (secondary N) is 1. The third-order valence-electron chi connectivity index (χ3n) is 4.43. The summed E-state index contributed by atoms with van der Waals surface area (Å²) >= 11 is 0.922. The first-order chi connectivity index (χ1) is 14.4. The van der Waals surface area contributed by atoms with E-state index in [9.17, 15) is 29.1 Å². The Hall–Kier alpha value is -3.83. The molecule has 2 heterocycles. The largest absolute Gasteiger partial charge is 0.479 e. The summed E-state index contributed by atoms with van der Waals surface area (Å²) in [5, 5.41) is 15.2. The number of carbonyl (C=O) groups excluding carboxylic acids is 4. The number of hydrogen-bond acceptors (Lipinski definition) is 7. The summed E-state index contributed by atoms with van der Waals surface area (Å²) in [6.07, 6.45) is -1.30. The average molecular weight is 431 g/mol. The minimum absolute atomic E-state index is 0.109. The summed E-state index contributed by atoms with van der Waals surface area (Å²) in [6, 6.07) is 5.37. The molecule has 13 heteroatoms. The second-order valence-electron chi connectivity index (χ2n) is 6.09. The van der Waals surface area contributed by atoms with Crippen LogP contribution >= 0.6 is 11.8 Å². The zero-order valence-corrected chi connectivity index (χ0v) is 15.8. The lowest BCUT2D eigenvalue weighted by Gasteiger charge is -2.51. The van der Waals surface area contributed by atoms with Crippen molar-refractivity contribution < 1.29 is 33.8 Å². The highest BCUT2D eigenvalue weighted by Crippen LogP contribution is 2.40. The van der Waals surface area contributed by atoms with Gasteiger partial charge in [0.15, 0.2) is 6.04 Å². The maximum Gasteiger partial charge on any atom is 0.331 e. The zero-order chi connectivity index (χ0) is 21.8. The fourth-order valence-corrected chi connectivity index (χ4v) is 4.33. The molecule has 0 aliphatic carbocycles. The van der Waals surface area contributed by atoms with Gasteiger partial charge in [-0.25, -0.2) is 4.79 Å². The number of thioether (sulfide) groups is 1. The number of carboxylic acid groups (broad SMARTS) is 1. The number of rotatable bonds is 7. The van der Waals surface area contributed by atoms with E-state index in [4.69, 9.17) is 10.3 Å². The van der Waals surface area contributed by atoms with E-state index in [0.29, 0.717) is 5.56 Å². The highest BCUT2D eigenvalue weighted by Gasteiger charge is 2.57. The molecule has 0 spiro atoms. The van der Waals surface area contributed by atoms with Crippen LogP contribution in [0.2, 0.25) is 0 Å². The van der Waals surface area contributed by atoms with Crippen LogP contribution in [0.15, 0.2) is 46.4 Å². The van der Waals surface area contributed by atoms with Crippen LogP contribution in [0.5, 0.6) is 0 Å². The highest BCUT2D eigenvalue weighted by molar-refractivity contribution is 8.03. The molecule has 0 saturated carbocycles. The number of amides is 3. The molecule has 0 aromatic heterocycles. The van der Waals surface area contributed by atoms with Gasteiger partial charge in [-0.15, -0.1) is 11.8 Å². The van der Waals surface area contributed by atoms with Gasteiger partial charge >= 0.3 is 5.97 Å². The van der Waals surface area contributed by atoms with Gasteiger partial charge < -0.3 is 20.1 Å². The van der Waals surface area contributed by atoms with Crippen LogP contribution in [0.25, 0.3) is 10.4 Å².